The SMILES string of the molecule is CC(=O)OCc1c[c]cnc1. The highest BCUT2D eigenvalue weighted by molar-refractivity contribution is 5.65. The third kappa shape index (κ3) is 2.80. The first-order valence-electron chi connectivity index (χ1n) is 3.22. The summed E-state index contributed by atoms with van der Waals surface area (Å²) in [6.07, 6.45) is 3.19. The van der Waals surface area contributed by atoms with E-state index in [4.69, 9.17) is 4.74 Å². The average molecular weight is 150 g/mol. The first kappa shape index (κ1) is 7.72. The van der Waals surface area contributed by atoms with Crippen LogP contribution in [0.4, 0.5) is 0 Å². The van der Waals surface area contributed by atoms with Crippen molar-refractivity contribution >= 4 is 5.97 Å². The fraction of sp³-hybridized carbons (Fsp3) is 0.250. The lowest BCUT2D eigenvalue weighted by molar-refractivity contribution is -0.142. The second kappa shape index (κ2) is 3.71. The summed E-state index contributed by atoms with van der Waals surface area (Å²) >= 11 is 0. The van der Waals surface area contributed by atoms with Crippen LogP contribution >= 0.6 is 0 Å². The molecule has 3 heteroatoms. The molecular formula is C8H8NO2. The summed E-state index contributed by atoms with van der Waals surface area (Å²) in [5.74, 6) is -0.283. The summed E-state index contributed by atoms with van der Waals surface area (Å²) < 4.78 is 4.73. The van der Waals surface area contributed by atoms with Crippen molar-refractivity contribution in [1.82, 2.24) is 4.98 Å². The highest BCUT2D eigenvalue weighted by Gasteiger charge is 1.94. The minimum Gasteiger partial charge on any atom is -0.461 e. The maximum Gasteiger partial charge on any atom is 0.302 e. The summed E-state index contributed by atoms with van der Waals surface area (Å²) in [7, 11) is 0. The Kier molecular flexibility index (Phi) is 2.60. The van der Waals surface area contributed by atoms with Crippen molar-refractivity contribution in [3.05, 3.63) is 30.1 Å². The van der Waals surface area contributed by atoms with E-state index in [0.29, 0.717) is 0 Å². The first-order valence-corrected chi connectivity index (χ1v) is 3.22. The average Bonchev–Trinajstić information content (AvgIpc) is 2.03. The van der Waals surface area contributed by atoms with Crippen LogP contribution in [0, 0.1) is 6.07 Å². The minimum absolute atomic E-state index is 0.277. The molecule has 1 aromatic heterocycles. The van der Waals surface area contributed by atoms with E-state index in [9.17, 15) is 4.79 Å². The third-order valence-corrected chi connectivity index (χ3v) is 1.10. The standard InChI is InChI=1S/C8H8NO2/c1-7(10)11-6-8-3-2-4-9-5-8/h3-5H,6H2,1H3. The van der Waals surface area contributed by atoms with Gasteiger partial charge in [-0.2, -0.15) is 0 Å². The molecule has 0 spiro atoms. The molecule has 0 unspecified atom stereocenters. The van der Waals surface area contributed by atoms with Gasteiger partial charge in [0.2, 0.25) is 0 Å². The van der Waals surface area contributed by atoms with Gasteiger partial charge in [0.25, 0.3) is 0 Å². The Hall–Kier alpha value is -1.38. The number of nitrogens with zero attached hydrogens (tertiary/aromatic N) is 1. The van der Waals surface area contributed by atoms with E-state index in [-0.39, 0.29) is 12.6 Å². The molecule has 0 fully saturated rings. The fourth-order valence-electron chi connectivity index (χ4n) is 0.622. The van der Waals surface area contributed by atoms with Gasteiger partial charge in [0.1, 0.15) is 6.61 Å². The number of pyridine rings is 1. The molecule has 1 aromatic rings. The van der Waals surface area contributed by atoms with Crippen LogP contribution in [0.5, 0.6) is 0 Å². The lowest BCUT2D eigenvalue weighted by atomic mass is 10.3. The van der Waals surface area contributed by atoms with Gasteiger partial charge < -0.3 is 4.74 Å². The summed E-state index contributed by atoms with van der Waals surface area (Å²) in [6, 6.07) is 4.51. The minimum atomic E-state index is -0.283. The van der Waals surface area contributed by atoms with E-state index in [0.717, 1.165) is 5.56 Å². The van der Waals surface area contributed by atoms with Gasteiger partial charge >= 0.3 is 5.97 Å². The largest absolute Gasteiger partial charge is 0.461 e. The molecule has 0 N–H and O–H groups in total. The number of ether oxygens (including phenoxy) is 1. The number of hydrogen-bond donors (Lipinski definition) is 0. The molecule has 57 valence electrons. The second-order valence-corrected chi connectivity index (χ2v) is 2.07. The van der Waals surface area contributed by atoms with Gasteiger partial charge in [-0.25, -0.2) is 0 Å². The number of rotatable bonds is 2. The molecule has 0 aliphatic rings. The molecular weight excluding hydrogens is 142 g/mol. The number of carbonyl (C=O) groups excluding carboxylic acids is 1. The molecule has 1 rings (SSSR count). The highest BCUT2D eigenvalue weighted by atomic mass is 16.5. The Morgan fingerprint density at radius 1 is 1.82 bits per heavy atom. The van der Waals surface area contributed by atoms with Crippen LogP contribution in [0.25, 0.3) is 0 Å². The first-order chi connectivity index (χ1) is 5.29. The van der Waals surface area contributed by atoms with Crippen LogP contribution in [0.3, 0.4) is 0 Å². The van der Waals surface area contributed by atoms with Crippen LogP contribution in [0.1, 0.15) is 12.5 Å². The van der Waals surface area contributed by atoms with Gasteiger partial charge in [-0.3, -0.25) is 9.78 Å². The predicted molar refractivity (Wildman–Crippen MR) is 38.5 cm³/mol. The van der Waals surface area contributed by atoms with E-state index in [2.05, 4.69) is 11.1 Å². The second-order valence-electron chi connectivity index (χ2n) is 2.07. The Morgan fingerprint density at radius 2 is 2.64 bits per heavy atom. The Balaban J connectivity index is 2.45. The molecule has 0 atom stereocenters. The van der Waals surface area contributed by atoms with Crippen molar-refractivity contribution in [2.45, 2.75) is 13.5 Å². The molecule has 1 radical (unpaired) electrons. The molecule has 0 aliphatic carbocycles. The van der Waals surface area contributed by atoms with Gasteiger partial charge in [0.05, 0.1) is 0 Å². The Morgan fingerprint density at radius 3 is 3.18 bits per heavy atom. The molecule has 0 saturated carbocycles. The van der Waals surface area contributed by atoms with Gasteiger partial charge in [-0.05, 0) is 6.07 Å². The molecule has 0 saturated heterocycles. The number of carbonyl (C=O) groups is 1. The van der Waals surface area contributed by atoms with Gasteiger partial charge in [-0.1, -0.05) is 0 Å². The van der Waals surface area contributed by atoms with Crippen LogP contribution < -0.4 is 0 Å². The van der Waals surface area contributed by atoms with E-state index < -0.39 is 0 Å². The van der Waals surface area contributed by atoms with Crippen molar-refractivity contribution in [1.29, 1.82) is 0 Å². The maximum atomic E-state index is 10.4. The molecule has 0 aromatic carbocycles. The monoisotopic (exact) mass is 150 g/mol. The van der Waals surface area contributed by atoms with Crippen molar-refractivity contribution in [2.75, 3.05) is 0 Å². The molecule has 11 heavy (non-hydrogen) atoms. The van der Waals surface area contributed by atoms with Crippen LogP contribution in [-0.2, 0) is 16.1 Å². The molecule has 1 heterocycles. The van der Waals surface area contributed by atoms with Crippen LogP contribution in [-0.4, -0.2) is 11.0 Å². The summed E-state index contributed by atoms with van der Waals surface area (Å²) in [5, 5.41) is 0. The van der Waals surface area contributed by atoms with Gasteiger partial charge in [-0.15, -0.1) is 0 Å². The quantitative estimate of drug-likeness (QED) is 0.589. The maximum absolute atomic E-state index is 10.4. The molecule has 0 aliphatic heterocycles. The predicted octanol–water partition coefficient (Wildman–Crippen LogP) is 0.945. The zero-order valence-corrected chi connectivity index (χ0v) is 6.20. The van der Waals surface area contributed by atoms with Gasteiger partial charge in [0, 0.05) is 30.9 Å². The van der Waals surface area contributed by atoms with E-state index in [1.807, 2.05) is 0 Å². The van der Waals surface area contributed by atoms with Crippen LogP contribution in [0.2, 0.25) is 0 Å². The number of esters is 1. The van der Waals surface area contributed by atoms with Gasteiger partial charge in [0.15, 0.2) is 0 Å². The van der Waals surface area contributed by atoms with Crippen molar-refractivity contribution in [3.63, 3.8) is 0 Å². The lowest BCUT2D eigenvalue weighted by Gasteiger charge is -1.99. The third-order valence-electron chi connectivity index (χ3n) is 1.10. The zero-order valence-electron chi connectivity index (χ0n) is 6.20. The molecule has 3 nitrogen and oxygen atoms in total. The zero-order chi connectivity index (χ0) is 8.10. The molecule has 0 amide bonds. The van der Waals surface area contributed by atoms with Crippen LogP contribution in [0.15, 0.2) is 18.5 Å². The smallest absolute Gasteiger partial charge is 0.302 e. The van der Waals surface area contributed by atoms with Crippen molar-refractivity contribution in [2.24, 2.45) is 0 Å². The van der Waals surface area contributed by atoms with Crippen molar-refractivity contribution in [3.8, 4) is 0 Å². The van der Waals surface area contributed by atoms with E-state index in [1.54, 1.807) is 18.5 Å². The van der Waals surface area contributed by atoms with E-state index in [1.165, 1.54) is 6.92 Å². The summed E-state index contributed by atoms with van der Waals surface area (Å²) in [4.78, 5) is 14.2. The summed E-state index contributed by atoms with van der Waals surface area (Å²) in [5.41, 5.74) is 0.850. The number of hydrogen-bond acceptors (Lipinski definition) is 3. The number of aromatic nitrogens is 1. The lowest BCUT2D eigenvalue weighted by Crippen LogP contribution is -1.98. The topological polar surface area (TPSA) is 39.2 Å². The summed E-state index contributed by atoms with van der Waals surface area (Å²) in [6.45, 7) is 1.65. The normalized spacial score (nSPS) is 9.18. The van der Waals surface area contributed by atoms with E-state index >= 15 is 0 Å². The fourth-order valence-corrected chi connectivity index (χ4v) is 0.622. The molecule has 0 bridgehead atoms. The Labute approximate surface area is 65.0 Å². The van der Waals surface area contributed by atoms with Crippen molar-refractivity contribution < 1.29 is 9.53 Å². The Bertz CT molecular complexity index is 233. The highest BCUT2D eigenvalue weighted by Crippen LogP contribution is 1.96.